The van der Waals surface area contributed by atoms with Gasteiger partial charge in [-0.3, -0.25) is 4.79 Å². The van der Waals surface area contributed by atoms with Gasteiger partial charge in [0.05, 0.1) is 0 Å². The van der Waals surface area contributed by atoms with Crippen LogP contribution in [0, 0.1) is 0 Å². The molecule has 4 nitrogen and oxygen atoms in total. The first kappa shape index (κ1) is 12.8. The number of benzene rings is 1. The summed E-state index contributed by atoms with van der Waals surface area (Å²) in [5, 5.41) is 3.79. The van der Waals surface area contributed by atoms with Crippen LogP contribution < -0.4 is 11.1 Å². The maximum atomic E-state index is 11.3. The van der Waals surface area contributed by atoms with E-state index >= 15 is 0 Å². The number of nitrogens with zero attached hydrogens (tertiary/aromatic N) is 1. The van der Waals surface area contributed by atoms with E-state index in [1.165, 1.54) is 0 Å². The summed E-state index contributed by atoms with van der Waals surface area (Å²) < 4.78 is 0. The number of carbonyl (C=O) groups is 1. The van der Waals surface area contributed by atoms with E-state index in [0.717, 1.165) is 24.9 Å². The van der Waals surface area contributed by atoms with Gasteiger partial charge in [-0.1, -0.05) is 30.3 Å². The average Bonchev–Trinajstić information content (AvgIpc) is 2.86. The maximum absolute atomic E-state index is 11.3. The summed E-state index contributed by atoms with van der Waals surface area (Å²) in [6.45, 7) is 1.47. The number of thiocarbonyl (C=S) groups is 1. The van der Waals surface area contributed by atoms with Crippen molar-refractivity contribution in [2.24, 2.45) is 5.73 Å². The van der Waals surface area contributed by atoms with E-state index in [2.05, 4.69) is 5.32 Å². The lowest BCUT2D eigenvalue weighted by atomic mass is 10.2. The third kappa shape index (κ3) is 2.98. The van der Waals surface area contributed by atoms with Gasteiger partial charge in [0, 0.05) is 13.1 Å². The van der Waals surface area contributed by atoms with E-state index in [4.69, 9.17) is 18.0 Å². The standard InChI is InChI=1S/C13H17N3OS/c14-12(17)11-7-4-8-16(11)13(18)15-9-10-5-2-1-3-6-10/h1-3,5-6,11H,4,7-9H2,(H2,14,17)(H,15,18)/t11-/m0/s1. The fraction of sp³-hybridized carbons (Fsp3) is 0.385. The smallest absolute Gasteiger partial charge is 0.240 e. The average molecular weight is 263 g/mol. The van der Waals surface area contributed by atoms with E-state index in [9.17, 15) is 4.79 Å². The summed E-state index contributed by atoms with van der Waals surface area (Å²) in [4.78, 5) is 13.2. The first-order chi connectivity index (χ1) is 8.68. The van der Waals surface area contributed by atoms with Crippen molar-refractivity contribution in [3.63, 3.8) is 0 Å². The number of hydrogen-bond acceptors (Lipinski definition) is 2. The largest absolute Gasteiger partial charge is 0.368 e. The third-order valence-electron chi connectivity index (χ3n) is 3.13. The number of primary amides is 1. The van der Waals surface area contributed by atoms with E-state index in [-0.39, 0.29) is 11.9 Å². The highest BCUT2D eigenvalue weighted by Gasteiger charge is 2.30. The van der Waals surface area contributed by atoms with Gasteiger partial charge in [-0.15, -0.1) is 0 Å². The molecule has 0 aromatic heterocycles. The van der Waals surface area contributed by atoms with Crippen molar-refractivity contribution < 1.29 is 4.79 Å². The van der Waals surface area contributed by atoms with Gasteiger partial charge in [-0.2, -0.15) is 0 Å². The minimum atomic E-state index is -0.295. The molecule has 0 radical (unpaired) electrons. The second-order valence-corrected chi connectivity index (χ2v) is 4.78. The van der Waals surface area contributed by atoms with Gasteiger partial charge in [-0.05, 0) is 30.6 Å². The molecule has 1 heterocycles. The Morgan fingerprint density at radius 3 is 2.83 bits per heavy atom. The molecule has 1 saturated heterocycles. The number of nitrogens with two attached hydrogens (primary N) is 1. The molecular weight excluding hydrogens is 246 g/mol. The van der Waals surface area contributed by atoms with Crippen molar-refractivity contribution in [1.29, 1.82) is 0 Å². The van der Waals surface area contributed by atoms with Crippen molar-refractivity contribution in [3.05, 3.63) is 35.9 Å². The highest BCUT2D eigenvalue weighted by Crippen LogP contribution is 2.16. The van der Waals surface area contributed by atoms with Crippen LogP contribution >= 0.6 is 12.2 Å². The Morgan fingerprint density at radius 1 is 1.44 bits per heavy atom. The molecule has 0 unspecified atom stereocenters. The Morgan fingerprint density at radius 2 is 2.17 bits per heavy atom. The number of carbonyl (C=O) groups excluding carboxylic acids is 1. The molecule has 1 aromatic rings. The molecule has 1 fully saturated rings. The van der Waals surface area contributed by atoms with E-state index in [0.29, 0.717) is 11.7 Å². The lowest BCUT2D eigenvalue weighted by molar-refractivity contribution is -0.121. The lowest BCUT2D eigenvalue weighted by Gasteiger charge is -2.25. The molecule has 1 atom stereocenters. The Kier molecular flexibility index (Phi) is 4.15. The summed E-state index contributed by atoms with van der Waals surface area (Å²) in [5.74, 6) is -0.295. The first-order valence-corrected chi connectivity index (χ1v) is 6.47. The van der Waals surface area contributed by atoms with Crippen molar-refractivity contribution in [2.75, 3.05) is 6.54 Å². The maximum Gasteiger partial charge on any atom is 0.240 e. The summed E-state index contributed by atoms with van der Waals surface area (Å²) in [7, 11) is 0. The van der Waals surface area contributed by atoms with E-state index in [1.807, 2.05) is 35.2 Å². The Hall–Kier alpha value is -1.62. The van der Waals surface area contributed by atoms with Crippen molar-refractivity contribution in [2.45, 2.75) is 25.4 Å². The highest BCUT2D eigenvalue weighted by atomic mass is 32.1. The molecule has 0 saturated carbocycles. The molecule has 0 aliphatic carbocycles. The summed E-state index contributed by atoms with van der Waals surface area (Å²) >= 11 is 5.32. The molecule has 3 N–H and O–H groups in total. The van der Waals surface area contributed by atoms with Crippen molar-refractivity contribution in [1.82, 2.24) is 10.2 Å². The summed E-state index contributed by atoms with van der Waals surface area (Å²) in [6.07, 6.45) is 1.75. The predicted molar refractivity (Wildman–Crippen MR) is 74.8 cm³/mol. The SMILES string of the molecule is NC(=O)[C@@H]1CCCN1C(=S)NCc1ccccc1. The summed E-state index contributed by atoms with van der Waals surface area (Å²) in [5.41, 5.74) is 6.53. The van der Waals surface area contributed by atoms with E-state index in [1.54, 1.807) is 0 Å². The minimum absolute atomic E-state index is 0.249. The molecule has 5 heteroatoms. The van der Waals surface area contributed by atoms with Crippen molar-refractivity contribution >= 4 is 23.2 Å². The number of nitrogens with one attached hydrogen (secondary N) is 1. The van der Waals surface area contributed by atoms with Crippen LogP contribution in [0.4, 0.5) is 0 Å². The van der Waals surface area contributed by atoms with Crippen LogP contribution in [-0.2, 0) is 11.3 Å². The van der Waals surface area contributed by atoms with Gasteiger partial charge in [0.15, 0.2) is 5.11 Å². The van der Waals surface area contributed by atoms with Gasteiger partial charge in [0.1, 0.15) is 6.04 Å². The number of amides is 1. The minimum Gasteiger partial charge on any atom is -0.368 e. The normalized spacial score (nSPS) is 18.7. The molecule has 1 aliphatic rings. The topological polar surface area (TPSA) is 58.4 Å². The Balaban J connectivity index is 1.90. The lowest BCUT2D eigenvalue weighted by Crippen LogP contribution is -2.47. The number of likely N-dealkylation sites (tertiary alicyclic amines) is 1. The molecule has 0 bridgehead atoms. The monoisotopic (exact) mass is 263 g/mol. The predicted octanol–water partition coefficient (Wildman–Crippen LogP) is 1.01. The zero-order chi connectivity index (χ0) is 13.0. The van der Waals surface area contributed by atoms with Gasteiger partial charge in [0.25, 0.3) is 0 Å². The Labute approximate surface area is 112 Å². The third-order valence-corrected chi connectivity index (χ3v) is 3.51. The highest BCUT2D eigenvalue weighted by molar-refractivity contribution is 7.80. The zero-order valence-electron chi connectivity index (χ0n) is 10.1. The zero-order valence-corrected chi connectivity index (χ0v) is 11.0. The van der Waals surface area contributed by atoms with E-state index < -0.39 is 0 Å². The Bertz CT molecular complexity index is 435. The number of hydrogen-bond donors (Lipinski definition) is 2. The fourth-order valence-electron chi connectivity index (χ4n) is 2.18. The van der Waals surface area contributed by atoms with Crippen LogP contribution in [0.2, 0.25) is 0 Å². The van der Waals surface area contributed by atoms with Crippen LogP contribution in [0.1, 0.15) is 18.4 Å². The quantitative estimate of drug-likeness (QED) is 0.799. The molecule has 1 amide bonds. The molecule has 1 aromatic carbocycles. The van der Waals surface area contributed by atoms with Crippen molar-refractivity contribution in [3.8, 4) is 0 Å². The molecule has 96 valence electrons. The van der Waals surface area contributed by atoms with Crippen LogP contribution in [0.25, 0.3) is 0 Å². The molecular formula is C13H17N3OS. The first-order valence-electron chi connectivity index (χ1n) is 6.06. The summed E-state index contributed by atoms with van der Waals surface area (Å²) in [6, 6.07) is 9.77. The van der Waals surface area contributed by atoms with Crippen LogP contribution in [0.15, 0.2) is 30.3 Å². The van der Waals surface area contributed by atoms with Gasteiger partial charge in [0.2, 0.25) is 5.91 Å². The molecule has 2 rings (SSSR count). The van der Waals surface area contributed by atoms with Crippen LogP contribution in [0.5, 0.6) is 0 Å². The van der Waals surface area contributed by atoms with Gasteiger partial charge >= 0.3 is 0 Å². The number of rotatable bonds is 3. The van der Waals surface area contributed by atoms with Crippen LogP contribution in [-0.4, -0.2) is 28.5 Å². The molecule has 1 aliphatic heterocycles. The van der Waals surface area contributed by atoms with Crippen LogP contribution in [0.3, 0.4) is 0 Å². The van der Waals surface area contributed by atoms with Gasteiger partial charge < -0.3 is 16.0 Å². The fourth-order valence-corrected chi connectivity index (χ4v) is 2.47. The molecule has 18 heavy (non-hydrogen) atoms. The second-order valence-electron chi connectivity index (χ2n) is 4.40. The second kappa shape index (κ2) is 5.82. The molecule has 0 spiro atoms. The van der Waals surface area contributed by atoms with Gasteiger partial charge in [-0.25, -0.2) is 0 Å².